The minimum absolute atomic E-state index is 0.0249. The van der Waals surface area contributed by atoms with Crippen LogP contribution < -0.4 is 11.1 Å². The van der Waals surface area contributed by atoms with Crippen molar-refractivity contribution in [3.63, 3.8) is 0 Å². The number of amides is 1. The van der Waals surface area contributed by atoms with Crippen molar-refractivity contribution in [2.75, 3.05) is 25.0 Å². The maximum absolute atomic E-state index is 13.7. The molecule has 0 aliphatic carbocycles. The summed E-state index contributed by atoms with van der Waals surface area (Å²) in [5, 5.41) is 7.43. The molecule has 1 amide bonds. The molecule has 11 heteroatoms. The van der Waals surface area contributed by atoms with Crippen LogP contribution in [0.1, 0.15) is 48.2 Å². The van der Waals surface area contributed by atoms with Crippen LogP contribution in [0.5, 0.6) is 0 Å². The Hall–Kier alpha value is -3.47. The molecular formula is C25H30F3N7O. The summed E-state index contributed by atoms with van der Waals surface area (Å²) < 4.78 is 42.9. The Morgan fingerprint density at radius 2 is 1.86 bits per heavy atom. The van der Waals surface area contributed by atoms with Crippen molar-refractivity contribution >= 4 is 17.5 Å². The van der Waals surface area contributed by atoms with Crippen LogP contribution in [0.3, 0.4) is 0 Å². The third-order valence-corrected chi connectivity index (χ3v) is 6.52. The Kier molecular flexibility index (Phi) is 7.88. The molecule has 0 radical (unpaired) electrons. The number of aromatic nitrogens is 4. The minimum atomic E-state index is -4.58. The first-order chi connectivity index (χ1) is 17.2. The number of primary amides is 1. The predicted molar refractivity (Wildman–Crippen MR) is 130 cm³/mol. The summed E-state index contributed by atoms with van der Waals surface area (Å²) in [6.07, 6.45) is 2.01. The third-order valence-electron chi connectivity index (χ3n) is 6.52. The quantitative estimate of drug-likeness (QED) is 0.461. The maximum Gasteiger partial charge on any atom is 0.419 e. The van der Waals surface area contributed by atoms with E-state index >= 15 is 0 Å². The molecule has 192 valence electrons. The summed E-state index contributed by atoms with van der Waals surface area (Å²) in [5.41, 5.74) is 6.39. The van der Waals surface area contributed by atoms with Gasteiger partial charge < -0.3 is 16.0 Å². The highest BCUT2D eigenvalue weighted by Crippen LogP contribution is 2.32. The summed E-state index contributed by atoms with van der Waals surface area (Å²) >= 11 is 0. The van der Waals surface area contributed by atoms with E-state index in [-0.39, 0.29) is 36.9 Å². The van der Waals surface area contributed by atoms with Gasteiger partial charge in [0.15, 0.2) is 0 Å². The van der Waals surface area contributed by atoms with Crippen LogP contribution in [-0.4, -0.2) is 50.2 Å². The van der Waals surface area contributed by atoms with Crippen molar-refractivity contribution < 1.29 is 18.0 Å². The van der Waals surface area contributed by atoms with E-state index in [2.05, 4.69) is 32.2 Å². The lowest BCUT2D eigenvalue weighted by Crippen LogP contribution is -2.34. The van der Waals surface area contributed by atoms with E-state index in [1.807, 2.05) is 10.9 Å². The van der Waals surface area contributed by atoms with Gasteiger partial charge in [-0.15, -0.1) is 0 Å². The average Bonchev–Trinajstić information content (AvgIpc) is 3.31. The Bertz CT molecular complexity index is 1190. The first-order valence-electron chi connectivity index (χ1n) is 12.0. The zero-order chi connectivity index (χ0) is 25.7. The van der Waals surface area contributed by atoms with Gasteiger partial charge in [0.1, 0.15) is 0 Å². The largest absolute Gasteiger partial charge is 0.419 e. The molecule has 1 aromatic carbocycles. The molecule has 1 fully saturated rings. The van der Waals surface area contributed by atoms with Crippen LogP contribution in [0, 0.1) is 0 Å². The van der Waals surface area contributed by atoms with E-state index in [4.69, 9.17) is 5.73 Å². The van der Waals surface area contributed by atoms with E-state index in [0.717, 1.165) is 44.2 Å². The zero-order valence-electron chi connectivity index (χ0n) is 20.1. The van der Waals surface area contributed by atoms with Gasteiger partial charge in [0, 0.05) is 25.5 Å². The van der Waals surface area contributed by atoms with Gasteiger partial charge in [-0.1, -0.05) is 31.2 Å². The molecule has 0 saturated carbocycles. The summed E-state index contributed by atoms with van der Waals surface area (Å²) in [7, 11) is 0. The highest BCUT2D eigenvalue weighted by molar-refractivity contribution is 5.77. The average molecular weight is 502 g/mol. The van der Waals surface area contributed by atoms with Crippen molar-refractivity contribution in [3.05, 3.63) is 65.2 Å². The molecule has 36 heavy (non-hydrogen) atoms. The van der Waals surface area contributed by atoms with Gasteiger partial charge in [0.2, 0.25) is 11.9 Å². The topological polar surface area (TPSA) is 102 Å². The molecule has 0 atom stereocenters. The number of benzene rings is 1. The van der Waals surface area contributed by atoms with Crippen molar-refractivity contribution in [3.8, 4) is 0 Å². The maximum atomic E-state index is 13.7. The Labute approximate surface area is 207 Å². The molecule has 1 aliphatic heterocycles. The lowest BCUT2D eigenvalue weighted by Gasteiger charge is -2.31. The first-order valence-corrected chi connectivity index (χ1v) is 12.0. The fourth-order valence-corrected chi connectivity index (χ4v) is 4.55. The number of nitrogens with zero attached hydrogens (tertiary/aromatic N) is 5. The van der Waals surface area contributed by atoms with Gasteiger partial charge in [-0.25, -0.2) is 9.97 Å². The molecule has 0 spiro atoms. The Balaban J connectivity index is 1.50. The standard InChI is InChI=1S/C25H30F3N7O/c1-2-34-11-9-20(10-12-34)35-16-19(14-31-35)32-24-30-15-21(25(26,27)28)22(33-24)8-7-17-5-3-4-6-18(17)13-23(29)36/h3-6,14-16,20H,2,7-13H2,1H3,(H2,29,36)(H,30,32,33). The van der Waals surface area contributed by atoms with Crippen LogP contribution in [0.25, 0.3) is 0 Å². The normalized spacial score (nSPS) is 15.2. The van der Waals surface area contributed by atoms with E-state index in [1.54, 1.807) is 30.5 Å². The highest BCUT2D eigenvalue weighted by atomic mass is 19.4. The molecule has 4 rings (SSSR count). The number of rotatable bonds is 9. The van der Waals surface area contributed by atoms with Crippen LogP contribution in [0.4, 0.5) is 24.8 Å². The van der Waals surface area contributed by atoms with Gasteiger partial charge in [-0.3, -0.25) is 9.48 Å². The molecule has 0 unspecified atom stereocenters. The van der Waals surface area contributed by atoms with Gasteiger partial charge in [0.25, 0.3) is 0 Å². The first kappa shape index (κ1) is 25.6. The third kappa shape index (κ3) is 6.39. The second-order valence-electron chi connectivity index (χ2n) is 8.96. The van der Waals surface area contributed by atoms with Gasteiger partial charge >= 0.3 is 6.18 Å². The number of halogens is 3. The van der Waals surface area contributed by atoms with E-state index in [9.17, 15) is 18.0 Å². The van der Waals surface area contributed by atoms with Crippen molar-refractivity contribution in [1.82, 2.24) is 24.6 Å². The van der Waals surface area contributed by atoms with E-state index in [0.29, 0.717) is 11.3 Å². The number of piperidine rings is 1. The number of carbonyl (C=O) groups excluding carboxylic acids is 1. The summed E-state index contributed by atoms with van der Waals surface area (Å²) in [6.45, 7) is 5.20. The summed E-state index contributed by atoms with van der Waals surface area (Å²) in [5.74, 6) is -0.424. The summed E-state index contributed by atoms with van der Waals surface area (Å²) in [4.78, 5) is 21.9. The number of nitrogens with two attached hydrogens (primary N) is 1. The number of likely N-dealkylation sites (tertiary alicyclic amines) is 1. The SMILES string of the molecule is CCN1CCC(n2cc(Nc3ncc(C(F)(F)F)c(CCc4ccccc4CC(N)=O)n3)cn2)CC1. The van der Waals surface area contributed by atoms with Crippen LogP contribution in [0.15, 0.2) is 42.9 Å². The number of alkyl halides is 3. The second-order valence-corrected chi connectivity index (χ2v) is 8.96. The Morgan fingerprint density at radius 1 is 1.14 bits per heavy atom. The number of hydrogen-bond acceptors (Lipinski definition) is 6. The second kappa shape index (κ2) is 11.1. The lowest BCUT2D eigenvalue weighted by molar-refractivity contribution is -0.138. The molecule has 3 heterocycles. The number of nitrogens with one attached hydrogen (secondary N) is 1. The molecule has 8 nitrogen and oxygen atoms in total. The van der Waals surface area contributed by atoms with Crippen LogP contribution in [0.2, 0.25) is 0 Å². The number of carbonyl (C=O) groups is 1. The van der Waals surface area contributed by atoms with Crippen molar-refractivity contribution in [2.45, 2.75) is 51.2 Å². The number of hydrogen-bond donors (Lipinski definition) is 2. The van der Waals surface area contributed by atoms with Crippen LogP contribution in [-0.2, 0) is 30.2 Å². The molecule has 1 saturated heterocycles. The predicted octanol–water partition coefficient (Wildman–Crippen LogP) is 3.91. The van der Waals surface area contributed by atoms with E-state index < -0.39 is 17.6 Å². The van der Waals surface area contributed by atoms with Crippen molar-refractivity contribution in [2.24, 2.45) is 5.73 Å². The molecule has 0 bridgehead atoms. The van der Waals surface area contributed by atoms with Gasteiger partial charge in [0.05, 0.1) is 35.6 Å². The monoisotopic (exact) mass is 501 g/mol. The molecule has 3 aromatic rings. The number of anilines is 2. The summed E-state index contributed by atoms with van der Waals surface area (Å²) in [6, 6.07) is 7.37. The molecule has 1 aliphatic rings. The fraction of sp³-hybridized carbons (Fsp3) is 0.440. The minimum Gasteiger partial charge on any atom is -0.369 e. The van der Waals surface area contributed by atoms with Crippen molar-refractivity contribution in [1.29, 1.82) is 0 Å². The van der Waals surface area contributed by atoms with E-state index in [1.165, 1.54) is 0 Å². The van der Waals surface area contributed by atoms with Crippen LogP contribution >= 0.6 is 0 Å². The lowest BCUT2D eigenvalue weighted by atomic mass is 9.98. The van der Waals surface area contributed by atoms with Gasteiger partial charge in [-0.2, -0.15) is 18.3 Å². The molecule has 3 N–H and O–H groups in total. The van der Waals surface area contributed by atoms with Gasteiger partial charge in [-0.05, 0) is 43.4 Å². The zero-order valence-corrected chi connectivity index (χ0v) is 20.1. The Morgan fingerprint density at radius 3 is 2.53 bits per heavy atom. The molecular weight excluding hydrogens is 471 g/mol. The number of aryl methyl sites for hydroxylation is 2. The highest BCUT2D eigenvalue weighted by Gasteiger charge is 2.35. The fourth-order valence-electron chi connectivity index (χ4n) is 4.55. The molecule has 2 aromatic heterocycles. The smallest absolute Gasteiger partial charge is 0.369 e.